The van der Waals surface area contributed by atoms with Crippen molar-refractivity contribution in [3.63, 3.8) is 0 Å². The van der Waals surface area contributed by atoms with Crippen molar-refractivity contribution >= 4 is 64.7 Å². The fourth-order valence-corrected chi connectivity index (χ4v) is 22.5. The van der Waals surface area contributed by atoms with Crippen molar-refractivity contribution in [2.24, 2.45) is 0 Å². The number of anilines is 6. The van der Waals surface area contributed by atoms with Gasteiger partial charge in [0.05, 0.1) is 10.8 Å². The number of nitrogens with zero attached hydrogens (tertiary/aromatic N) is 2. The number of rotatable bonds is 20. The lowest BCUT2D eigenvalue weighted by atomic mass is 9.67. The number of hydrogen-bond acceptors (Lipinski definition) is 4. The minimum atomic E-state index is -2.44. The third-order valence-electron chi connectivity index (χ3n) is 25.4. The van der Waals surface area contributed by atoms with Gasteiger partial charge in [-0.1, -0.05) is 305 Å². The van der Waals surface area contributed by atoms with Crippen LogP contribution in [0.2, 0.25) is 13.1 Å². The lowest BCUT2D eigenvalue weighted by Gasteiger charge is -2.35. The maximum Gasteiger partial charge on any atom is 0.127 e. The van der Waals surface area contributed by atoms with E-state index in [1.807, 2.05) is 109 Å². The van der Waals surface area contributed by atoms with Crippen molar-refractivity contribution in [2.75, 3.05) is 9.80 Å². The smallest absolute Gasteiger partial charge is 0.127 e. The molecule has 0 spiro atoms. The summed E-state index contributed by atoms with van der Waals surface area (Å²) >= 11 is 0. The molecule has 21 rings (SSSR count). The molecule has 3 aliphatic rings. The Hall–Kier alpha value is -15.3. The van der Waals surface area contributed by atoms with E-state index in [1.54, 1.807) is 24.3 Å². The normalized spacial score (nSPS) is 14.7. The summed E-state index contributed by atoms with van der Waals surface area (Å²) in [4.78, 5) is 4.85. The number of ether oxygens (including phenoxy) is 2. The number of halogens is 2. The molecule has 0 radical (unpaired) electrons. The van der Waals surface area contributed by atoms with E-state index in [0.29, 0.717) is 11.5 Å². The molecule has 1 heterocycles. The van der Waals surface area contributed by atoms with Gasteiger partial charge in [0.1, 0.15) is 42.7 Å². The Morgan fingerprint density at radius 1 is 0.244 bits per heavy atom. The average molecular weight is 1600 g/mol. The highest BCUT2D eigenvalue weighted by Gasteiger charge is 2.49. The standard InChI is InChI=1S/C116H82F2N2O2Si/c1-5-77-31-59-99(60-32-77)121-101-63-43-89(44-64-101)115(87-39-47-91(117)48-40-87)109-29-15-13-27-103(109)105-67-55-97(75-111(105)115)119(93-51-35-81(36-52-93)85-25-17-23-83(71-85)79-19-9-7-10-20-79)95-57-69-113-107(73-95)108-74-96(58-70-114(108)123(113,3)4)120(94-53-37-82(38-54-94)86-26-18-24-84(72-86)80-21-11-8-12-22-80)98-56-68-106-104-28-14-16-30-110(104)116(112(106)76-98,88-41-49-92(118)50-42-88)90-45-65-102(66-46-90)122-100-61-33-78(6-2)34-62-100/h5-76H,1-2H2,3-4H3. The highest BCUT2D eigenvalue weighted by atomic mass is 28.3. The highest BCUT2D eigenvalue weighted by Crippen LogP contribution is 2.60. The van der Waals surface area contributed by atoms with Gasteiger partial charge in [0.15, 0.2) is 0 Å². The molecular formula is C116H82F2N2O2Si. The van der Waals surface area contributed by atoms with Crippen LogP contribution in [0.15, 0.2) is 438 Å². The molecule has 2 aliphatic carbocycles. The van der Waals surface area contributed by atoms with E-state index in [-0.39, 0.29) is 11.6 Å². The quantitative estimate of drug-likeness (QED) is 0.0710. The van der Waals surface area contributed by atoms with Crippen molar-refractivity contribution in [3.8, 4) is 101 Å². The van der Waals surface area contributed by atoms with Gasteiger partial charge in [-0.2, -0.15) is 0 Å². The number of fused-ring (bicyclic) bond motifs is 9. The zero-order valence-corrected chi connectivity index (χ0v) is 69.0. The van der Waals surface area contributed by atoms with Crippen LogP contribution in [-0.2, 0) is 10.8 Å². The van der Waals surface area contributed by atoms with Gasteiger partial charge in [-0.15, -0.1) is 0 Å². The molecule has 1 aliphatic heterocycles. The molecule has 0 amide bonds. The molecule has 0 bridgehead atoms. The summed E-state index contributed by atoms with van der Waals surface area (Å²) in [5.74, 6) is 2.21. The molecule has 0 fully saturated rings. The van der Waals surface area contributed by atoms with Crippen LogP contribution in [0.5, 0.6) is 23.0 Å². The highest BCUT2D eigenvalue weighted by molar-refractivity contribution is 7.03. The van der Waals surface area contributed by atoms with Gasteiger partial charge >= 0.3 is 0 Å². The molecule has 0 N–H and O–H groups in total. The SMILES string of the molecule is C=Cc1ccc(Oc2ccc(C3(c4ccc(F)cc4)c4ccccc4-c4ccc(N(c5ccc(-c6cccc(-c7ccccc7)c6)cc5)c5ccc6c(c5)-c5cc(N(c7ccc(-c8cccc(-c9ccccc9)c8)cc7)c7ccc8c(c7)C(c7ccc(F)cc7)(c7ccc(Oc9ccc(C=C)cc9)cc7)c7ccccc7-8)ccc5[Si]6(C)C)cc43)cc2)cc1. The van der Waals surface area contributed by atoms with Crippen LogP contribution in [0.1, 0.15) is 55.6 Å². The van der Waals surface area contributed by atoms with Gasteiger partial charge in [-0.3, -0.25) is 0 Å². The first-order valence-corrected chi connectivity index (χ1v) is 44.8. The van der Waals surface area contributed by atoms with E-state index in [2.05, 4.69) is 339 Å². The fraction of sp³-hybridized carbons (Fsp3) is 0.0345. The summed E-state index contributed by atoms with van der Waals surface area (Å²) < 4.78 is 44.3. The van der Waals surface area contributed by atoms with Crippen LogP contribution in [0.3, 0.4) is 0 Å². The zero-order valence-electron chi connectivity index (χ0n) is 68.0. The van der Waals surface area contributed by atoms with Gasteiger partial charge in [0.2, 0.25) is 0 Å². The molecular weight excluding hydrogens is 1520 g/mol. The van der Waals surface area contributed by atoms with E-state index < -0.39 is 18.9 Å². The Morgan fingerprint density at radius 3 is 0.886 bits per heavy atom. The lowest BCUT2D eigenvalue weighted by molar-refractivity contribution is 0.482. The molecule has 123 heavy (non-hydrogen) atoms. The van der Waals surface area contributed by atoms with Gasteiger partial charge in [0, 0.05) is 34.1 Å². The van der Waals surface area contributed by atoms with Gasteiger partial charge in [-0.25, -0.2) is 8.78 Å². The Kier molecular flexibility index (Phi) is 18.8. The minimum absolute atomic E-state index is 0.307. The van der Waals surface area contributed by atoms with Crippen LogP contribution in [0.4, 0.5) is 42.9 Å². The molecule has 0 saturated heterocycles. The van der Waals surface area contributed by atoms with Crippen LogP contribution < -0.4 is 29.6 Å². The van der Waals surface area contributed by atoms with Gasteiger partial charge in [0.25, 0.3) is 0 Å². The first kappa shape index (κ1) is 75.2. The molecule has 586 valence electrons. The van der Waals surface area contributed by atoms with Crippen molar-refractivity contribution in [2.45, 2.75) is 23.9 Å². The van der Waals surface area contributed by atoms with Gasteiger partial charge in [-0.05, 0) is 302 Å². The second kappa shape index (κ2) is 30.8. The first-order chi connectivity index (χ1) is 60.4. The van der Waals surface area contributed by atoms with E-state index in [9.17, 15) is 0 Å². The molecule has 18 aromatic rings. The topological polar surface area (TPSA) is 24.9 Å². The Balaban J connectivity index is 0.735. The molecule has 18 aromatic carbocycles. The van der Waals surface area contributed by atoms with Gasteiger partial charge < -0.3 is 19.3 Å². The largest absolute Gasteiger partial charge is 0.457 e. The summed E-state index contributed by atoms with van der Waals surface area (Å²) in [5.41, 5.74) is 30.1. The minimum Gasteiger partial charge on any atom is -0.457 e. The van der Waals surface area contributed by atoms with Crippen LogP contribution in [0.25, 0.3) is 90.0 Å². The summed E-state index contributed by atoms with van der Waals surface area (Å²) in [6, 6.07) is 149. The van der Waals surface area contributed by atoms with E-state index in [4.69, 9.17) is 9.47 Å². The second-order valence-electron chi connectivity index (χ2n) is 32.6. The maximum absolute atomic E-state index is 15.6. The van der Waals surface area contributed by atoms with E-state index in [0.717, 1.165) is 168 Å². The van der Waals surface area contributed by atoms with Crippen molar-refractivity contribution < 1.29 is 18.3 Å². The number of hydrogen-bond donors (Lipinski definition) is 0. The Bertz CT molecular complexity index is 6670. The molecule has 4 nitrogen and oxygen atoms in total. The van der Waals surface area contributed by atoms with E-state index in [1.165, 1.54) is 21.5 Å². The Morgan fingerprint density at radius 2 is 0.528 bits per heavy atom. The molecule has 7 heteroatoms. The summed E-state index contributed by atoms with van der Waals surface area (Å²) in [7, 11) is -2.44. The third-order valence-corrected chi connectivity index (χ3v) is 29.0. The first-order valence-electron chi connectivity index (χ1n) is 41.8. The predicted molar refractivity (Wildman–Crippen MR) is 507 cm³/mol. The summed E-state index contributed by atoms with van der Waals surface area (Å²) in [6.45, 7) is 12.9. The Labute approximate surface area is 717 Å². The third kappa shape index (κ3) is 13.1. The van der Waals surface area contributed by atoms with E-state index >= 15 is 8.78 Å². The molecule has 0 aromatic heterocycles. The van der Waals surface area contributed by atoms with Crippen molar-refractivity contribution in [1.82, 2.24) is 0 Å². The van der Waals surface area contributed by atoms with Crippen LogP contribution >= 0.6 is 0 Å². The van der Waals surface area contributed by atoms with Crippen molar-refractivity contribution in [1.29, 1.82) is 0 Å². The van der Waals surface area contributed by atoms with Crippen LogP contribution in [0, 0.1) is 11.6 Å². The van der Waals surface area contributed by atoms with Crippen molar-refractivity contribution in [3.05, 3.63) is 505 Å². The van der Waals surface area contributed by atoms with Crippen LogP contribution in [-0.4, -0.2) is 8.07 Å². The monoisotopic (exact) mass is 1600 g/mol. The summed E-state index contributed by atoms with van der Waals surface area (Å²) in [6.07, 6.45) is 3.65. The lowest BCUT2D eigenvalue weighted by Crippen LogP contribution is -2.49. The maximum atomic E-state index is 15.6. The molecule has 0 saturated carbocycles. The second-order valence-corrected chi connectivity index (χ2v) is 36.9. The summed E-state index contributed by atoms with van der Waals surface area (Å²) in [5, 5.41) is 2.70. The zero-order chi connectivity index (χ0) is 82.9. The number of benzene rings is 18. The molecule has 2 unspecified atom stereocenters. The average Bonchev–Trinajstić information content (AvgIpc) is 1.55. The fourth-order valence-electron chi connectivity index (χ4n) is 19.5. The molecule has 2 atom stereocenters. The predicted octanol–water partition coefficient (Wildman–Crippen LogP) is 30.0.